The summed E-state index contributed by atoms with van der Waals surface area (Å²) in [6, 6.07) is 15.9. The summed E-state index contributed by atoms with van der Waals surface area (Å²) < 4.78 is 1.09. The minimum atomic E-state index is -0.0133. The van der Waals surface area contributed by atoms with Gasteiger partial charge in [-0.15, -0.1) is 0 Å². The van der Waals surface area contributed by atoms with Gasteiger partial charge in [0.2, 0.25) is 0 Å². The standard InChI is InChI=1S/C19H22BrN3O/c20-17-5-7-18(8-6-17)23-10-9-15(13-23)12-22-19(24)16-3-1-14(11-21)2-4-16/h1-8,15H,9-13,21H2,(H,22,24). The van der Waals surface area contributed by atoms with E-state index in [1.807, 2.05) is 24.3 Å². The molecule has 0 aromatic heterocycles. The average molecular weight is 388 g/mol. The zero-order chi connectivity index (χ0) is 16.9. The van der Waals surface area contributed by atoms with Crippen LogP contribution in [0.1, 0.15) is 22.3 Å². The van der Waals surface area contributed by atoms with Crippen LogP contribution in [-0.4, -0.2) is 25.5 Å². The fraction of sp³-hybridized carbons (Fsp3) is 0.316. The Morgan fingerprint density at radius 3 is 2.54 bits per heavy atom. The monoisotopic (exact) mass is 387 g/mol. The zero-order valence-corrected chi connectivity index (χ0v) is 15.1. The lowest BCUT2D eigenvalue weighted by molar-refractivity contribution is 0.0948. The molecule has 24 heavy (non-hydrogen) atoms. The van der Waals surface area contributed by atoms with Gasteiger partial charge >= 0.3 is 0 Å². The number of amides is 1. The maximum absolute atomic E-state index is 12.2. The number of rotatable bonds is 5. The Hall–Kier alpha value is -1.85. The normalized spacial score (nSPS) is 17.1. The molecule has 3 N–H and O–H groups in total. The Labute approximate surface area is 151 Å². The maximum atomic E-state index is 12.2. The summed E-state index contributed by atoms with van der Waals surface area (Å²) in [4.78, 5) is 14.6. The predicted molar refractivity (Wildman–Crippen MR) is 101 cm³/mol. The molecule has 2 aromatic rings. The van der Waals surface area contributed by atoms with E-state index in [2.05, 4.69) is 50.4 Å². The first-order valence-electron chi connectivity index (χ1n) is 8.23. The molecular weight excluding hydrogens is 366 g/mol. The summed E-state index contributed by atoms with van der Waals surface area (Å²) in [5, 5.41) is 3.06. The second-order valence-corrected chi connectivity index (χ2v) is 7.10. The van der Waals surface area contributed by atoms with Crippen molar-refractivity contribution in [2.45, 2.75) is 13.0 Å². The average Bonchev–Trinajstić information content (AvgIpc) is 3.09. The zero-order valence-electron chi connectivity index (χ0n) is 13.5. The molecule has 0 spiro atoms. The lowest BCUT2D eigenvalue weighted by Crippen LogP contribution is -2.31. The quantitative estimate of drug-likeness (QED) is 0.828. The van der Waals surface area contributed by atoms with Gasteiger partial charge in [0.25, 0.3) is 5.91 Å². The summed E-state index contributed by atoms with van der Waals surface area (Å²) >= 11 is 3.46. The van der Waals surface area contributed by atoms with Crippen molar-refractivity contribution >= 4 is 27.5 Å². The molecule has 126 valence electrons. The number of carbonyl (C=O) groups excluding carboxylic acids is 1. The maximum Gasteiger partial charge on any atom is 0.251 e. The van der Waals surface area contributed by atoms with Gasteiger partial charge in [-0.2, -0.15) is 0 Å². The smallest absolute Gasteiger partial charge is 0.251 e. The lowest BCUT2D eigenvalue weighted by Gasteiger charge is -2.19. The molecule has 1 saturated heterocycles. The van der Waals surface area contributed by atoms with E-state index in [0.717, 1.165) is 29.5 Å². The summed E-state index contributed by atoms with van der Waals surface area (Å²) in [6.07, 6.45) is 1.10. The summed E-state index contributed by atoms with van der Waals surface area (Å²) in [7, 11) is 0. The lowest BCUT2D eigenvalue weighted by atomic mass is 10.1. The first-order chi connectivity index (χ1) is 11.7. The van der Waals surface area contributed by atoms with Gasteiger partial charge in [-0.3, -0.25) is 4.79 Å². The van der Waals surface area contributed by atoms with Crippen LogP contribution in [0.3, 0.4) is 0 Å². The second kappa shape index (κ2) is 7.81. The van der Waals surface area contributed by atoms with E-state index < -0.39 is 0 Å². The Morgan fingerprint density at radius 1 is 1.17 bits per heavy atom. The van der Waals surface area contributed by atoms with Crippen molar-refractivity contribution in [3.63, 3.8) is 0 Å². The third kappa shape index (κ3) is 4.16. The van der Waals surface area contributed by atoms with Crippen LogP contribution in [0.25, 0.3) is 0 Å². The highest BCUT2D eigenvalue weighted by Gasteiger charge is 2.23. The molecule has 0 saturated carbocycles. The molecule has 1 amide bonds. The van der Waals surface area contributed by atoms with Crippen LogP contribution in [-0.2, 0) is 6.54 Å². The number of nitrogens with two attached hydrogens (primary N) is 1. The number of hydrogen-bond donors (Lipinski definition) is 2. The van der Waals surface area contributed by atoms with Crippen molar-refractivity contribution in [2.75, 3.05) is 24.5 Å². The van der Waals surface area contributed by atoms with Crippen LogP contribution >= 0.6 is 15.9 Å². The van der Waals surface area contributed by atoms with Crippen molar-refractivity contribution in [3.8, 4) is 0 Å². The number of anilines is 1. The van der Waals surface area contributed by atoms with E-state index in [0.29, 0.717) is 24.6 Å². The molecule has 1 heterocycles. The van der Waals surface area contributed by atoms with Gasteiger partial charge in [0.1, 0.15) is 0 Å². The van der Waals surface area contributed by atoms with Crippen LogP contribution in [0.15, 0.2) is 53.0 Å². The van der Waals surface area contributed by atoms with Crippen molar-refractivity contribution in [3.05, 3.63) is 64.1 Å². The van der Waals surface area contributed by atoms with Crippen molar-refractivity contribution in [2.24, 2.45) is 11.7 Å². The van der Waals surface area contributed by atoms with Crippen LogP contribution in [0, 0.1) is 5.92 Å². The van der Waals surface area contributed by atoms with Gasteiger partial charge in [-0.05, 0) is 54.3 Å². The van der Waals surface area contributed by atoms with Gasteiger partial charge in [-0.1, -0.05) is 28.1 Å². The third-order valence-electron chi connectivity index (χ3n) is 4.48. The number of halogens is 1. The van der Waals surface area contributed by atoms with E-state index in [-0.39, 0.29) is 5.91 Å². The van der Waals surface area contributed by atoms with Crippen LogP contribution < -0.4 is 16.0 Å². The molecule has 1 atom stereocenters. The fourth-order valence-electron chi connectivity index (χ4n) is 3.02. The first kappa shape index (κ1) is 17.0. The predicted octanol–water partition coefficient (Wildman–Crippen LogP) is 3.16. The Kier molecular flexibility index (Phi) is 5.53. The fourth-order valence-corrected chi connectivity index (χ4v) is 3.28. The molecule has 0 aliphatic carbocycles. The molecule has 2 aromatic carbocycles. The van der Waals surface area contributed by atoms with Gasteiger partial charge in [0.15, 0.2) is 0 Å². The van der Waals surface area contributed by atoms with Crippen LogP contribution in [0.2, 0.25) is 0 Å². The molecule has 1 unspecified atom stereocenters. The number of nitrogens with zero attached hydrogens (tertiary/aromatic N) is 1. The molecule has 5 heteroatoms. The largest absolute Gasteiger partial charge is 0.371 e. The SMILES string of the molecule is NCc1ccc(C(=O)NCC2CCN(c3ccc(Br)cc3)C2)cc1. The molecular formula is C19H22BrN3O. The van der Waals surface area contributed by atoms with E-state index >= 15 is 0 Å². The highest BCUT2D eigenvalue weighted by Crippen LogP contribution is 2.25. The van der Waals surface area contributed by atoms with Crippen LogP contribution in [0.4, 0.5) is 5.69 Å². The van der Waals surface area contributed by atoms with Gasteiger partial charge < -0.3 is 16.0 Å². The van der Waals surface area contributed by atoms with E-state index in [9.17, 15) is 4.79 Å². The highest BCUT2D eigenvalue weighted by molar-refractivity contribution is 9.10. The number of nitrogens with one attached hydrogen (secondary N) is 1. The van der Waals surface area contributed by atoms with Crippen molar-refractivity contribution in [1.82, 2.24) is 5.32 Å². The minimum Gasteiger partial charge on any atom is -0.371 e. The topological polar surface area (TPSA) is 58.4 Å². The Balaban J connectivity index is 1.50. The molecule has 4 nitrogen and oxygen atoms in total. The Bertz CT molecular complexity index is 685. The summed E-state index contributed by atoms with van der Waals surface area (Å²) in [5.74, 6) is 0.474. The number of carbonyl (C=O) groups is 1. The van der Waals surface area contributed by atoms with Gasteiger partial charge in [0.05, 0.1) is 0 Å². The number of hydrogen-bond acceptors (Lipinski definition) is 3. The first-order valence-corrected chi connectivity index (χ1v) is 9.03. The number of benzene rings is 2. The van der Waals surface area contributed by atoms with Crippen molar-refractivity contribution < 1.29 is 4.79 Å². The van der Waals surface area contributed by atoms with Gasteiger partial charge in [0, 0.05) is 41.9 Å². The molecule has 1 fully saturated rings. The Morgan fingerprint density at radius 2 is 1.88 bits per heavy atom. The van der Waals surface area contributed by atoms with Crippen LogP contribution in [0.5, 0.6) is 0 Å². The molecule has 1 aliphatic heterocycles. The summed E-state index contributed by atoms with van der Waals surface area (Å²) in [6.45, 7) is 3.22. The van der Waals surface area contributed by atoms with E-state index in [4.69, 9.17) is 5.73 Å². The highest BCUT2D eigenvalue weighted by atomic mass is 79.9. The van der Waals surface area contributed by atoms with Gasteiger partial charge in [-0.25, -0.2) is 0 Å². The summed E-state index contributed by atoms with van der Waals surface area (Å²) in [5.41, 5.74) is 8.54. The van der Waals surface area contributed by atoms with E-state index in [1.165, 1.54) is 5.69 Å². The molecule has 3 rings (SSSR count). The molecule has 1 aliphatic rings. The minimum absolute atomic E-state index is 0.0133. The second-order valence-electron chi connectivity index (χ2n) is 6.19. The third-order valence-corrected chi connectivity index (χ3v) is 5.01. The molecule has 0 radical (unpaired) electrons. The van der Waals surface area contributed by atoms with Crippen molar-refractivity contribution in [1.29, 1.82) is 0 Å². The molecule has 0 bridgehead atoms. The van der Waals surface area contributed by atoms with E-state index in [1.54, 1.807) is 0 Å².